The van der Waals surface area contributed by atoms with Crippen molar-refractivity contribution in [2.24, 2.45) is 0 Å². The van der Waals surface area contributed by atoms with E-state index in [9.17, 15) is 9.18 Å². The van der Waals surface area contributed by atoms with Crippen LogP contribution in [-0.2, 0) is 30.8 Å². The van der Waals surface area contributed by atoms with Gasteiger partial charge in [-0.1, -0.05) is 18.2 Å². The molecule has 1 aromatic heterocycles. The summed E-state index contributed by atoms with van der Waals surface area (Å²) < 4.78 is 14.7. The number of fused-ring (bicyclic) bond motifs is 1. The Balaban J connectivity index is 1.45. The van der Waals surface area contributed by atoms with E-state index in [-0.39, 0.29) is 18.1 Å². The van der Waals surface area contributed by atoms with Crippen LogP contribution in [0.4, 0.5) is 10.1 Å². The van der Waals surface area contributed by atoms with Crippen molar-refractivity contribution < 1.29 is 9.18 Å². The van der Waals surface area contributed by atoms with Crippen LogP contribution in [0.1, 0.15) is 22.4 Å². The van der Waals surface area contributed by atoms with Gasteiger partial charge in [0, 0.05) is 19.6 Å². The summed E-state index contributed by atoms with van der Waals surface area (Å²) in [7, 11) is 4.08. The molecule has 29 heavy (non-hydrogen) atoms. The highest BCUT2D eigenvalue weighted by molar-refractivity contribution is 5.80. The fraction of sp³-hybridized carbons (Fsp3) is 0.273. The molecule has 2 heterocycles. The molecule has 6 nitrogen and oxygen atoms in total. The van der Waals surface area contributed by atoms with E-state index in [1.54, 1.807) is 23.0 Å². The van der Waals surface area contributed by atoms with Gasteiger partial charge in [-0.3, -0.25) is 4.79 Å². The zero-order chi connectivity index (χ0) is 20.5. The lowest BCUT2D eigenvalue weighted by atomic mass is 10.1. The monoisotopic (exact) mass is 393 g/mol. The lowest BCUT2D eigenvalue weighted by Gasteiger charge is -2.14. The molecule has 1 aliphatic rings. The van der Waals surface area contributed by atoms with Crippen molar-refractivity contribution >= 4 is 11.6 Å². The molecule has 0 spiro atoms. The third kappa shape index (κ3) is 4.14. The zero-order valence-corrected chi connectivity index (χ0v) is 16.6. The van der Waals surface area contributed by atoms with E-state index in [1.807, 2.05) is 19.0 Å². The number of aromatic nitrogens is 2. The average molecular weight is 393 g/mol. The molecule has 0 aliphatic carbocycles. The predicted molar refractivity (Wildman–Crippen MR) is 110 cm³/mol. The Hall–Kier alpha value is -3.19. The van der Waals surface area contributed by atoms with E-state index in [0.29, 0.717) is 30.2 Å². The van der Waals surface area contributed by atoms with Gasteiger partial charge in [0.15, 0.2) is 0 Å². The summed E-state index contributed by atoms with van der Waals surface area (Å²) >= 11 is 0. The molecule has 2 aromatic carbocycles. The third-order valence-corrected chi connectivity index (χ3v) is 5.08. The first-order valence-electron chi connectivity index (χ1n) is 9.52. The van der Waals surface area contributed by atoms with Crippen LogP contribution in [0.2, 0.25) is 0 Å². The molecule has 3 aromatic rings. The number of benzene rings is 2. The van der Waals surface area contributed by atoms with Gasteiger partial charge in [-0.05, 0) is 55.1 Å². The van der Waals surface area contributed by atoms with Crippen LogP contribution in [0.25, 0.3) is 5.69 Å². The summed E-state index contributed by atoms with van der Waals surface area (Å²) in [6, 6.07) is 12.4. The predicted octanol–water partition coefficient (Wildman–Crippen LogP) is 2.74. The number of hydrogen-bond donors (Lipinski definition) is 1. The van der Waals surface area contributed by atoms with E-state index in [0.717, 1.165) is 6.54 Å². The normalized spacial score (nSPS) is 13.2. The average Bonchev–Trinajstić information content (AvgIpc) is 3.25. The molecule has 0 fully saturated rings. The summed E-state index contributed by atoms with van der Waals surface area (Å²) in [5.41, 5.74) is 11.4. The molecular formula is C22H24FN5O. The smallest absolute Gasteiger partial charge is 0.229 e. The molecule has 7 heteroatoms. The molecule has 150 valence electrons. The van der Waals surface area contributed by atoms with Crippen molar-refractivity contribution in [2.75, 3.05) is 19.8 Å². The molecule has 0 unspecified atom stereocenters. The number of anilines is 1. The minimum absolute atomic E-state index is 0.00795. The van der Waals surface area contributed by atoms with Crippen molar-refractivity contribution in [3.8, 4) is 5.69 Å². The Morgan fingerprint density at radius 1 is 1.14 bits per heavy atom. The second-order valence-corrected chi connectivity index (χ2v) is 7.72. The number of hydrogen-bond acceptors (Lipinski definition) is 4. The van der Waals surface area contributed by atoms with Crippen molar-refractivity contribution in [1.82, 2.24) is 19.6 Å². The van der Waals surface area contributed by atoms with Crippen LogP contribution in [0, 0.1) is 5.82 Å². The topological polar surface area (TPSA) is 67.4 Å². The molecule has 0 bridgehead atoms. The van der Waals surface area contributed by atoms with Gasteiger partial charge >= 0.3 is 0 Å². The minimum atomic E-state index is -0.313. The van der Waals surface area contributed by atoms with Crippen LogP contribution in [0.3, 0.4) is 0 Å². The van der Waals surface area contributed by atoms with Crippen LogP contribution < -0.4 is 5.73 Å². The number of carbonyl (C=O) groups excluding carboxylic acids is 1. The highest BCUT2D eigenvalue weighted by atomic mass is 19.1. The maximum absolute atomic E-state index is 13.1. The van der Waals surface area contributed by atoms with Gasteiger partial charge in [-0.15, -0.1) is 0 Å². The first-order chi connectivity index (χ1) is 13.9. The van der Waals surface area contributed by atoms with E-state index in [1.165, 1.54) is 28.8 Å². The highest BCUT2D eigenvalue weighted by Gasteiger charge is 2.25. The minimum Gasteiger partial charge on any atom is -0.396 e. The maximum Gasteiger partial charge on any atom is 0.229 e. The Morgan fingerprint density at radius 2 is 1.86 bits per heavy atom. The van der Waals surface area contributed by atoms with Gasteiger partial charge in [0.05, 0.1) is 29.7 Å². The number of nitrogens with two attached hydrogens (primary N) is 1. The molecule has 2 N–H and O–H groups in total. The third-order valence-electron chi connectivity index (χ3n) is 5.08. The van der Waals surface area contributed by atoms with Gasteiger partial charge in [0.25, 0.3) is 0 Å². The molecule has 1 amide bonds. The Morgan fingerprint density at radius 3 is 2.59 bits per heavy atom. The van der Waals surface area contributed by atoms with Crippen LogP contribution in [0.5, 0.6) is 0 Å². The van der Waals surface area contributed by atoms with E-state index in [4.69, 9.17) is 5.73 Å². The second kappa shape index (κ2) is 7.67. The van der Waals surface area contributed by atoms with Crippen molar-refractivity contribution in [2.45, 2.75) is 26.1 Å². The molecular weight excluding hydrogens is 369 g/mol. The Labute approximate surface area is 169 Å². The van der Waals surface area contributed by atoms with Crippen molar-refractivity contribution in [1.29, 1.82) is 0 Å². The summed E-state index contributed by atoms with van der Waals surface area (Å²) in [4.78, 5) is 16.8. The number of halogens is 1. The number of nitrogen functional groups attached to an aromatic ring is 1. The number of carbonyl (C=O) groups is 1. The largest absolute Gasteiger partial charge is 0.396 e. The van der Waals surface area contributed by atoms with Gasteiger partial charge < -0.3 is 15.5 Å². The Kier molecular flexibility index (Phi) is 5.07. The summed E-state index contributed by atoms with van der Waals surface area (Å²) in [5.74, 6) is -0.321. The Bertz CT molecular complexity index is 1040. The standard InChI is InChI=1S/C22H24FN5O/c1-26(2)11-15-3-4-16-12-27(13-17(16)9-15)22(29)10-21-20(24)14-28(25-21)19-7-5-18(23)6-8-19/h3-9,14H,10-13,24H2,1-2H3. The molecule has 0 radical (unpaired) electrons. The first-order valence-corrected chi connectivity index (χ1v) is 9.52. The van der Waals surface area contributed by atoms with E-state index >= 15 is 0 Å². The van der Waals surface area contributed by atoms with Gasteiger partial charge in [0.2, 0.25) is 5.91 Å². The van der Waals surface area contributed by atoms with Gasteiger partial charge in [0.1, 0.15) is 5.82 Å². The summed E-state index contributed by atoms with van der Waals surface area (Å²) in [5, 5.41) is 4.43. The van der Waals surface area contributed by atoms with Crippen LogP contribution >= 0.6 is 0 Å². The van der Waals surface area contributed by atoms with Crippen LogP contribution in [-0.4, -0.2) is 39.6 Å². The highest BCUT2D eigenvalue weighted by Crippen LogP contribution is 2.25. The maximum atomic E-state index is 13.1. The molecule has 1 aliphatic heterocycles. The lowest BCUT2D eigenvalue weighted by Crippen LogP contribution is -2.27. The second-order valence-electron chi connectivity index (χ2n) is 7.72. The number of rotatable bonds is 5. The first kappa shape index (κ1) is 19.1. The fourth-order valence-corrected chi connectivity index (χ4v) is 3.63. The molecule has 0 saturated carbocycles. The van der Waals surface area contributed by atoms with Crippen molar-refractivity contribution in [3.63, 3.8) is 0 Å². The zero-order valence-electron chi connectivity index (χ0n) is 16.6. The summed E-state index contributed by atoms with van der Waals surface area (Å²) in [6.07, 6.45) is 1.79. The van der Waals surface area contributed by atoms with Gasteiger partial charge in [-0.2, -0.15) is 5.10 Å². The molecule has 4 rings (SSSR count). The number of nitrogens with zero attached hydrogens (tertiary/aromatic N) is 4. The fourth-order valence-electron chi connectivity index (χ4n) is 3.63. The summed E-state index contributed by atoms with van der Waals surface area (Å²) in [6.45, 7) is 2.08. The van der Waals surface area contributed by atoms with Crippen molar-refractivity contribution in [3.05, 3.63) is 76.9 Å². The van der Waals surface area contributed by atoms with Crippen LogP contribution in [0.15, 0.2) is 48.7 Å². The molecule has 0 saturated heterocycles. The van der Waals surface area contributed by atoms with E-state index in [2.05, 4.69) is 28.2 Å². The SMILES string of the molecule is CN(C)Cc1ccc2c(c1)CN(C(=O)Cc1nn(-c3ccc(F)cc3)cc1N)C2. The number of amides is 1. The molecule has 0 atom stereocenters. The van der Waals surface area contributed by atoms with E-state index < -0.39 is 0 Å². The van der Waals surface area contributed by atoms with Gasteiger partial charge in [-0.25, -0.2) is 9.07 Å². The lowest BCUT2D eigenvalue weighted by molar-refractivity contribution is -0.131. The quantitative estimate of drug-likeness (QED) is 0.724.